The van der Waals surface area contributed by atoms with E-state index in [0.717, 1.165) is 30.6 Å². The summed E-state index contributed by atoms with van der Waals surface area (Å²) in [6, 6.07) is 6.37. The highest BCUT2D eigenvalue weighted by Gasteiger charge is 2.22. The second-order valence-corrected chi connectivity index (χ2v) is 6.53. The highest BCUT2D eigenvalue weighted by atomic mass is 16.6. The molecule has 0 N–H and O–H groups in total. The van der Waals surface area contributed by atoms with Gasteiger partial charge in [-0.25, -0.2) is 0 Å². The van der Waals surface area contributed by atoms with Gasteiger partial charge in [-0.05, 0) is 48.8 Å². The number of rotatable bonds is 5. The number of benzene rings is 1. The van der Waals surface area contributed by atoms with Crippen LogP contribution in [0.2, 0.25) is 0 Å². The van der Waals surface area contributed by atoms with Gasteiger partial charge >= 0.3 is 5.97 Å². The SMILES string of the molecule is CCC(C)(C)c1ccc(OCC2CCCC(=O)O2)c(C)c1. The Hall–Kier alpha value is -1.51. The lowest BCUT2D eigenvalue weighted by Gasteiger charge is -2.25. The van der Waals surface area contributed by atoms with Crippen LogP contribution in [0.15, 0.2) is 18.2 Å². The van der Waals surface area contributed by atoms with Gasteiger partial charge in [-0.2, -0.15) is 0 Å². The van der Waals surface area contributed by atoms with Crippen molar-refractivity contribution in [2.24, 2.45) is 0 Å². The Labute approximate surface area is 127 Å². The molecule has 0 aromatic heterocycles. The second kappa shape index (κ2) is 6.50. The van der Waals surface area contributed by atoms with Crippen molar-refractivity contribution in [3.63, 3.8) is 0 Å². The van der Waals surface area contributed by atoms with Gasteiger partial charge < -0.3 is 9.47 Å². The fraction of sp³-hybridized carbons (Fsp3) is 0.611. The van der Waals surface area contributed by atoms with Crippen LogP contribution in [-0.2, 0) is 14.9 Å². The molecule has 0 radical (unpaired) electrons. The van der Waals surface area contributed by atoms with E-state index in [9.17, 15) is 4.79 Å². The highest BCUT2D eigenvalue weighted by Crippen LogP contribution is 2.30. The van der Waals surface area contributed by atoms with Crippen molar-refractivity contribution in [1.82, 2.24) is 0 Å². The Kier molecular flexibility index (Phi) is 4.92. The minimum absolute atomic E-state index is 0.0996. The van der Waals surface area contributed by atoms with Crippen LogP contribution in [0.3, 0.4) is 0 Å². The van der Waals surface area contributed by atoms with E-state index in [1.165, 1.54) is 5.56 Å². The number of carbonyl (C=O) groups excluding carboxylic acids is 1. The quantitative estimate of drug-likeness (QED) is 0.764. The third-order valence-electron chi connectivity index (χ3n) is 4.47. The van der Waals surface area contributed by atoms with Crippen molar-refractivity contribution in [3.8, 4) is 5.75 Å². The van der Waals surface area contributed by atoms with Crippen molar-refractivity contribution >= 4 is 5.97 Å². The number of hydrogen-bond acceptors (Lipinski definition) is 3. The Bertz CT molecular complexity index is 505. The smallest absolute Gasteiger partial charge is 0.306 e. The van der Waals surface area contributed by atoms with Crippen molar-refractivity contribution in [2.75, 3.05) is 6.61 Å². The molecular formula is C18H26O3. The Morgan fingerprint density at radius 1 is 1.38 bits per heavy atom. The van der Waals surface area contributed by atoms with Gasteiger partial charge in [-0.1, -0.05) is 32.9 Å². The second-order valence-electron chi connectivity index (χ2n) is 6.53. The molecule has 0 amide bonds. The van der Waals surface area contributed by atoms with Gasteiger partial charge in [-0.3, -0.25) is 4.79 Å². The van der Waals surface area contributed by atoms with E-state index in [-0.39, 0.29) is 17.5 Å². The van der Waals surface area contributed by atoms with E-state index in [4.69, 9.17) is 9.47 Å². The summed E-state index contributed by atoms with van der Waals surface area (Å²) >= 11 is 0. The average molecular weight is 290 g/mol. The highest BCUT2D eigenvalue weighted by molar-refractivity contribution is 5.70. The van der Waals surface area contributed by atoms with Crippen LogP contribution in [0.4, 0.5) is 0 Å². The van der Waals surface area contributed by atoms with Crippen LogP contribution in [0, 0.1) is 6.92 Å². The maximum atomic E-state index is 11.3. The van der Waals surface area contributed by atoms with Crippen LogP contribution >= 0.6 is 0 Å². The predicted octanol–water partition coefficient (Wildman–Crippen LogP) is 4.16. The van der Waals surface area contributed by atoms with Crippen LogP contribution in [0.25, 0.3) is 0 Å². The summed E-state index contributed by atoms with van der Waals surface area (Å²) in [5, 5.41) is 0. The molecule has 0 aliphatic carbocycles. The minimum Gasteiger partial charge on any atom is -0.489 e. The molecule has 21 heavy (non-hydrogen) atoms. The number of aryl methyl sites for hydroxylation is 1. The molecule has 1 aromatic carbocycles. The minimum atomic E-state index is -0.105. The average Bonchev–Trinajstić information content (AvgIpc) is 2.46. The first-order valence-corrected chi connectivity index (χ1v) is 7.86. The molecule has 116 valence electrons. The lowest BCUT2D eigenvalue weighted by atomic mass is 9.81. The van der Waals surface area contributed by atoms with Crippen molar-refractivity contribution in [1.29, 1.82) is 0 Å². The van der Waals surface area contributed by atoms with Crippen LogP contribution in [-0.4, -0.2) is 18.7 Å². The maximum absolute atomic E-state index is 11.3. The summed E-state index contributed by atoms with van der Waals surface area (Å²) in [4.78, 5) is 11.3. The molecule has 0 spiro atoms. The molecule has 3 heteroatoms. The fourth-order valence-electron chi connectivity index (χ4n) is 2.51. The predicted molar refractivity (Wildman–Crippen MR) is 83.7 cm³/mol. The van der Waals surface area contributed by atoms with Crippen LogP contribution < -0.4 is 4.74 Å². The topological polar surface area (TPSA) is 35.5 Å². The number of ether oxygens (including phenoxy) is 2. The molecule has 1 aromatic rings. The van der Waals surface area contributed by atoms with E-state index in [1.54, 1.807) is 0 Å². The zero-order valence-corrected chi connectivity index (χ0v) is 13.6. The summed E-state index contributed by atoms with van der Waals surface area (Å²) in [6.07, 6.45) is 3.33. The molecule has 1 fully saturated rings. The normalized spacial score (nSPS) is 19.2. The van der Waals surface area contributed by atoms with Gasteiger partial charge in [-0.15, -0.1) is 0 Å². The molecule has 1 aliphatic heterocycles. The van der Waals surface area contributed by atoms with E-state index in [1.807, 2.05) is 6.07 Å². The van der Waals surface area contributed by atoms with Crippen molar-refractivity contribution in [2.45, 2.75) is 64.9 Å². The number of esters is 1. The van der Waals surface area contributed by atoms with E-state index < -0.39 is 0 Å². The maximum Gasteiger partial charge on any atom is 0.306 e. The van der Waals surface area contributed by atoms with E-state index in [0.29, 0.717) is 13.0 Å². The van der Waals surface area contributed by atoms with Crippen LogP contribution in [0.5, 0.6) is 5.75 Å². The Morgan fingerprint density at radius 3 is 2.76 bits per heavy atom. The zero-order chi connectivity index (χ0) is 15.5. The van der Waals surface area contributed by atoms with E-state index >= 15 is 0 Å². The molecule has 0 saturated carbocycles. The summed E-state index contributed by atoms with van der Waals surface area (Å²) in [6.45, 7) is 9.23. The lowest BCUT2D eigenvalue weighted by Crippen LogP contribution is -2.29. The fourth-order valence-corrected chi connectivity index (χ4v) is 2.51. The summed E-state index contributed by atoms with van der Waals surface area (Å²) < 4.78 is 11.1. The summed E-state index contributed by atoms with van der Waals surface area (Å²) in [5.74, 6) is 0.777. The first-order valence-electron chi connectivity index (χ1n) is 7.86. The summed E-state index contributed by atoms with van der Waals surface area (Å²) in [5.41, 5.74) is 2.65. The van der Waals surface area contributed by atoms with Gasteiger partial charge in [0.25, 0.3) is 0 Å². The van der Waals surface area contributed by atoms with Gasteiger partial charge in [0.1, 0.15) is 18.5 Å². The lowest BCUT2D eigenvalue weighted by molar-refractivity contribution is -0.155. The first-order chi connectivity index (χ1) is 9.92. The molecule has 1 saturated heterocycles. The molecule has 1 heterocycles. The number of cyclic esters (lactones) is 1. The monoisotopic (exact) mass is 290 g/mol. The Balaban J connectivity index is 1.99. The number of carbonyl (C=O) groups is 1. The van der Waals surface area contributed by atoms with Crippen molar-refractivity contribution in [3.05, 3.63) is 29.3 Å². The van der Waals surface area contributed by atoms with Crippen LogP contribution in [0.1, 0.15) is 57.6 Å². The molecule has 2 rings (SSSR count). The Morgan fingerprint density at radius 2 is 2.14 bits per heavy atom. The van der Waals surface area contributed by atoms with Gasteiger partial charge in [0, 0.05) is 6.42 Å². The molecule has 0 bridgehead atoms. The molecule has 1 unspecified atom stereocenters. The first kappa shape index (κ1) is 15.9. The molecule has 1 atom stereocenters. The van der Waals surface area contributed by atoms with E-state index in [2.05, 4.69) is 39.8 Å². The van der Waals surface area contributed by atoms with Gasteiger partial charge in [0.2, 0.25) is 0 Å². The van der Waals surface area contributed by atoms with Gasteiger partial charge in [0.05, 0.1) is 0 Å². The van der Waals surface area contributed by atoms with Gasteiger partial charge in [0.15, 0.2) is 0 Å². The molecular weight excluding hydrogens is 264 g/mol. The molecule has 3 nitrogen and oxygen atoms in total. The third-order valence-corrected chi connectivity index (χ3v) is 4.47. The number of hydrogen-bond donors (Lipinski definition) is 0. The standard InChI is InChI=1S/C18H26O3/c1-5-18(3,4)14-9-10-16(13(2)11-14)20-12-15-7-6-8-17(19)21-15/h9-11,15H,5-8,12H2,1-4H3. The third kappa shape index (κ3) is 3.99. The zero-order valence-electron chi connectivity index (χ0n) is 13.6. The largest absolute Gasteiger partial charge is 0.489 e. The summed E-state index contributed by atoms with van der Waals surface area (Å²) in [7, 11) is 0. The molecule has 1 aliphatic rings. The van der Waals surface area contributed by atoms with Crippen molar-refractivity contribution < 1.29 is 14.3 Å².